The molecule has 0 amide bonds. The molecule has 18 heavy (non-hydrogen) atoms. The van der Waals surface area contributed by atoms with E-state index in [2.05, 4.69) is 50.0 Å². The number of rotatable bonds is 5. The second-order valence-corrected chi connectivity index (χ2v) is 4.87. The summed E-state index contributed by atoms with van der Waals surface area (Å²) in [6.45, 7) is 8.20. The number of nitrogens with zero attached hydrogens (tertiary/aromatic N) is 1. The van der Waals surface area contributed by atoms with Crippen LogP contribution in [0.3, 0.4) is 0 Å². The largest absolute Gasteiger partial charge is 0.402 e. The van der Waals surface area contributed by atoms with Crippen LogP contribution in [0.2, 0.25) is 0 Å². The molecule has 2 atom stereocenters. The molecule has 1 rings (SSSR count). The third-order valence-electron chi connectivity index (χ3n) is 3.57. The highest BCUT2D eigenvalue weighted by Gasteiger charge is 2.18. The third kappa shape index (κ3) is 3.50. The second-order valence-electron chi connectivity index (χ2n) is 4.87. The topological polar surface area (TPSA) is 41.3 Å². The van der Waals surface area contributed by atoms with Crippen LogP contribution in [0.15, 0.2) is 47.9 Å². The van der Waals surface area contributed by atoms with E-state index < -0.39 is 0 Å². The lowest BCUT2D eigenvalue weighted by molar-refractivity contribution is 0.310. The Kier molecular flexibility index (Phi) is 5.23. The molecule has 0 aromatic rings. The van der Waals surface area contributed by atoms with Crippen molar-refractivity contribution in [1.29, 1.82) is 0 Å². The van der Waals surface area contributed by atoms with Crippen molar-refractivity contribution in [2.75, 3.05) is 14.1 Å². The number of nitrogens with one attached hydrogen (secondary N) is 1. The summed E-state index contributed by atoms with van der Waals surface area (Å²) in [6.07, 6.45) is 9.34. The zero-order chi connectivity index (χ0) is 13.7. The van der Waals surface area contributed by atoms with E-state index in [1.807, 2.05) is 19.2 Å². The minimum atomic E-state index is 0.292. The second kappa shape index (κ2) is 6.45. The first kappa shape index (κ1) is 14.6. The lowest BCUT2D eigenvalue weighted by Crippen LogP contribution is -2.36. The average molecular weight is 247 g/mol. The van der Waals surface area contributed by atoms with E-state index in [1.165, 1.54) is 11.1 Å². The van der Waals surface area contributed by atoms with Crippen molar-refractivity contribution in [3.8, 4) is 0 Å². The van der Waals surface area contributed by atoms with Crippen LogP contribution in [-0.2, 0) is 0 Å². The van der Waals surface area contributed by atoms with Crippen LogP contribution < -0.4 is 11.1 Å². The van der Waals surface area contributed by atoms with Crippen molar-refractivity contribution < 1.29 is 0 Å². The molecule has 0 aromatic heterocycles. The van der Waals surface area contributed by atoms with Gasteiger partial charge in [0.25, 0.3) is 0 Å². The Morgan fingerprint density at radius 2 is 2.28 bits per heavy atom. The minimum Gasteiger partial charge on any atom is -0.402 e. The van der Waals surface area contributed by atoms with Gasteiger partial charge < -0.3 is 16.0 Å². The van der Waals surface area contributed by atoms with Gasteiger partial charge in [0, 0.05) is 24.9 Å². The Bertz CT molecular complexity index is 391. The van der Waals surface area contributed by atoms with Gasteiger partial charge in [0.05, 0.1) is 6.17 Å². The summed E-state index contributed by atoms with van der Waals surface area (Å²) in [4.78, 5) is 2.15. The molecule has 0 fully saturated rings. The van der Waals surface area contributed by atoms with Crippen molar-refractivity contribution >= 4 is 0 Å². The van der Waals surface area contributed by atoms with Crippen molar-refractivity contribution in [3.63, 3.8) is 0 Å². The molecule has 0 radical (unpaired) electrons. The molecule has 0 heterocycles. The van der Waals surface area contributed by atoms with Crippen LogP contribution in [0.4, 0.5) is 0 Å². The van der Waals surface area contributed by atoms with Crippen molar-refractivity contribution in [1.82, 2.24) is 10.2 Å². The first-order chi connectivity index (χ1) is 8.49. The lowest BCUT2D eigenvalue weighted by atomic mass is 9.85. The Morgan fingerprint density at radius 1 is 1.61 bits per heavy atom. The van der Waals surface area contributed by atoms with Crippen LogP contribution >= 0.6 is 0 Å². The van der Waals surface area contributed by atoms with Crippen LogP contribution in [0.25, 0.3) is 0 Å². The first-order valence-electron chi connectivity index (χ1n) is 6.35. The van der Waals surface area contributed by atoms with E-state index in [0.29, 0.717) is 12.1 Å². The Labute approximate surface area is 111 Å². The molecule has 0 bridgehead atoms. The molecule has 1 aliphatic carbocycles. The van der Waals surface area contributed by atoms with Crippen molar-refractivity contribution in [3.05, 3.63) is 47.9 Å². The van der Waals surface area contributed by atoms with Gasteiger partial charge in [-0.1, -0.05) is 24.3 Å². The van der Waals surface area contributed by atoms with Crippen molar-refractivity contribution in [2.24, 2.45) is 11.7 Å². The number of hydrogen-bond donors (Lipinski definition) is 2. The maximum Gasteiger partial charge on any atom is 0.0756 e. The first-order valence-corrected chi connectivity index (χ1v) is 6.35. The summed E-state index contributed by atoms with van der Waals surface area (Å²) in [5.74, 6) is 0.346. The Balaban J connectivity index is 2.91. The molecule has 0 aliphatic heterocycles. The maximum atomic E-state index is 5.93. The smallest absolute Gasteiger partial charge is 0.0756 e. The van der Waals surface area contributed by atoms with Crippen molar-refractivity contribution in [2.45, 2.75) is 26.4 Å². The molecule has 3 nitrogen and oxygen atoms in total. The highest BCUT2D eigenvalue weighted by Crippen LogP contribution is 2.30. The average Bonchev–Trinajstić information content (AvgIpc) is 2.37. The Hall–Kier alpha value is -1.48. The molecular weight excluding hydrogens is 222 g/mol. The van der Waals surface area contributed by atoms with Gasteiger partial charge in [0.1, 0.15) is 0 Å². The molecule has 0 saturated carbocycles. The van der Waals surface area contributed by atoms with E-state index in [9.17, 15) is 0 Å². The quantitative estimate of drug-likeness (QED) is 0.579. The summed E-state index contributed by atoms with van der Waals surface area (Å²) >= 11 is 0. The SMILES string of the molecule is C=C/C(=C\N(C)C(C)NC)C1CC(N)=CC=C1C. The number of nitrogens with two attached hydrogens (primary N) is 1. The van der Waals surface area contributed by atoms with E-state index in [4.69, 9.17) is 5.73 Å². The molecule has 0 aromatic carbocycles. The zero-order valence-corrected chi connectivity index (χ0v) is 11.9. The number of allylic oxidation sites excluding steroid dienone is 6. The summed E-state index contributed by atoms with van der Waals surface area (Å²) < 4.78 is 0. The van der Waals surface area contributed by atoms with Gasteiger partial charge >= 0.3 is 0 Å². The van der Waals surface area contributed by atoms with Gasteiger partial charge in [-0.3, -0.25) is 0 Å². The molecule has 3 N–H and O–H groups in total. The van der Waals surface area contributed by atoms with Gasteiger partial charge in [-0.2, -0.15) is 0 Å². The molecule has 3 heteroatoms. The van der Waals surface area contributed by atoms with Gasteiger partial charge in [-0.15, -0.1) is 0 Å². The Morgan fingerprint density at radius 3 is 2.83 bits per heavy atom. The van der Waals surface area contributed by atoms with Crippen LogP contribution in [0, 0.1) is 5.92 Å². The fourth-order valence-corrected chi connectivity index (χ4v) is 2.04. The standard InChI is InChI=1S/C15H25N3/c1-6-13(10-18(5)12(3)17-4)15-9-14(16)8-7-11(15)2/h6-8,10,12,15,17H,1,9,16H2,2-5H3/b13-10+. The van der Waals surface area contributed by atoms with Crippen LogP contribution in [0.5, 0.6) is 0 Å². The third-order valence-corrected chi connectivity index (χ3v) is 3.57. The normalized spacial score (nSPS) is 22.0. The molecule has 2 unspecified atom stereocenters. The monoisotopic (exact) mass is 247 g/mol. The minimum absolute atomic E-state index is 0.292. The molecule has 1 aliphatic rings. The summed E-state index contributed by atoms with van der Waals surface area (Å²) in [5.41, 5.74) is 9.41. The van der Waals surface area contributed by atoms with E-state index >= 15 is 0 Å². The van der Waals surface area contributed by atoms with Crippen LogP contribution in [0.1, 0.15) is 20.3 Å². The summed E-state index contributed by atoms with van der Waals surface area (Å²) in [7, 11) is 4.01. The van der Waals surface area contributed by atoms with E-state index in [1.54, 1.807) is 0 Å². The number of hydrogen-bond acceptors (Lipinski definition) is 3. The summed E-state index contributed by atoms with van der Waals surface area (Å²) in [6, 6.07) is 0. The van der Waals surface area contributed by atoms with Gasteiger partial charge in [-0.25, -0.2) is 0 Å². The van der Waals surface area contributed by atoms with E-state index in [-0.39, 0.29) is 0 Å². The highest BCUT2D eigenvalue weighted by molar-refractivity contribution is 5.35. The zero-order valence-electron chi connectivity index (χ0n) is 11.9. The molecule has 0 spiro atoms. The highest BCUT2D eigenvalue weighted by atomic mass is 15.2. The van der Waals surface area contributed by atoms with Gasteiger partial charge in [-0.05, 0) is 39.0 Å². The van der Waals surface area contributed by atoms with Crippen LogP contribution in [-0.4, -0.2) is 25.2 Å². The van der Waals surface area contributed by atoms with E-state index in [0.717, 1.165) is 12.1 Å². The fourth-order valence-electron chi connectivity index (χ4n) is 2.04. The molecule has 0 saturated heterocycles. The van der Waals surface area contributed by atoms with Gasteiger partial charge in [0.15, 0.2) is 0 Å². The predicted octanol–water partition coefficient (Wildman–Crippen LogP) is 2.36. The molecular formula is C15H25N3. The fraction of sp³-hybridized carbons (Fsp3) is 0.467. The lowest BCUT2D eigenvalue weighted by Gasteiger charge is -2.27. The maximum absolute atomic E-state index is 5.93. The summed E-state index contributed by atoms with van der Waals surface area (Å²) in [5, 5.41) is 3.21. The van der Waals surface area contributed by atoms with Gasteiger partial charge in [0.2, 0.25) is 0 Å². The molecule has 100 valence electrons. The predicted molar refractivity (Wildman–Crippen MR) is 78.7 cm³/mol.